The number of rotatable bonds is 3. The lowest BCUT2D eigenvalue weighted by molar-refractivity contribution is -0.117. The van der Waals surface area contributed by atoms with Gasteiger partial charge in [-0.25, -0.2) is 9.97 Å². The molecule has 1 amide bonds. The minimum absolute atomic E-state index is 0.0275. The van der Waals surface area contributed by atoms with Gasteiger partial charge in [0.15, 0.2) is 0 Å². The summed E-state index contributed by atoms with van der Waals surface area (Å²) in [5, 5.41) is 6.20. The first-order chi connectivity index (χ1) is 8.63. The van der Waals surface area contributed by atoms with Gasteiger partial charge in [-0.1, -0.05) is 11.6 Å². The van der Waals surface area contributed by atoms with Crippen LogP contribution in [0.3, 0.4) is 0 Å². The van der Waals surface area contributed by atoms with Gasteiger partial charge in [0.1, 0.15) is 11.0 Å². The minimum atomic E-state index is -0.0623. The molecular formula is C11H14Cl2N4O. The van der Waals surface area contributed by atoms with Crippen LogP contribution < -0.4 is 10.6 Å². The second-order valence-electron chi connectivity index (χ2n) is 4.29. The van der Waals surface area contributed by atoms with Crippen molar-refractivity contribution in [3.63, 3.8) is 0 Å². The molecule has 2 N–H and O–H groups in total. The van der Waals surface area contributed by atoms with E-state index in [-0.39, 0.29) is 16.3 Å². The quantitative estimate of drug-likeness (QED) is 0.660. The number of carbonyl (C=O) groups is 1. The van der Waals surface area contributed by atoms with Crippen LogP contribution >= 0.6 is 23.2 Å². The van der Waals surface area contributed by atoms with E-state index in [1.165, 1.54) is 6.07 Å². The Balaban J connectivity index is 1.89. The molecule has 0 unspecified atom stereocenters. The average molecular weight is 289 g/mol. The summed E-state index contributed by atoms with van der Waals surface area (Å²) in [7, 11) is 0. The summed E-state index contributed by atoms with van der Waals surface area (Å²) in [4.78, 5) is 19.4. The summed E-state index contributed by atoms with van der Waals surface area (Å²) in [5.41, 5.74) is 0. The van der Waals surface area contributed by atoms with E-state index >= 15 is 0 Å². The number of anilines is 1. The molecule has 18 heavy (non-hydrogen) atoms. The summed E-state index contributed by atoms with van der Waals surface area (Å²) in [6, 6.07) is 1.48. The zero-order chi connectivity index (χ0) is 13.0. The van der Waals surface area contributed by atoms with Crippen molar-refractivity contribution < 1.29 is 4.79 Å². The van der Waals surface area contributed by atoms with Gasteiger partial charge in [-0.2, -0.15) is 0 Å². The predicted molar refractivity (Wildman–Crippen MR) is 70.9 cm³/mol. The molecule has 1 aromatic heterocycles. The van der Waals surface area contributed by atoms with Gasteiger partial charge < -0.3 is 10.6 Å². The van der Waals surface area contributed by atoms with Crippen molar-refractivity contribution in [3.8, 4) is 0 Å². The third-order valence-corrected chi connectivity index (χ3v) is 3.23. The van der Waals surface area contributed by atoms with Crippen molar-refractivity contribution in [2.45, 2.75) is 19.3 Å². The van der Waals surface area contributed by atoms with Crippen LogP contribution in [0.15, 0.2) is 6.07 Å². The topological polar surface area (TPSA) is 66.9 Å². The van der Waals surface area contributed by atoms with Crippen LogP contribution in [0, 0.1) is 5.92 Å². The first-order valence-corrected chi connectivity index (χ1v) is 6.60. The molecule has 1 aromatic rings. The lowest BCUT2D eigenvalue weighted by atomic mass is 9.94. The van der Waals surface area contributed by atoms with Crippen LogP contribution in [0.4, 0.5) is 5.82 Å². The van der Waals surface area contributed by atoms with Gasteiger partial charge in [0, 0.05) is 12.5 Å². The summed E-state index contributed by atoms with van der Waals surface area (Å²) in [5.74, 6) is 0.714. The number of halogens is 2. The maximum absolute atomic E-state index is 11.8. The zero-order valence-corrected chi connectivity index (χ0v) is 11.3. The van der Waals surface area contributed by atoms with E-state index in [1.807, 2.05) is 0 Å². The van der Waals surface area contributed by atoms with Gasteiger partial charge in [-0.15, -0.1) is 0 Å². The van der Waals surface area contributed by atoms with E-state index in [2.05, 4.69) is 20.6 Å². The van der Waals surface area contributed by atoms with E-state index in [4.69, 9.17) is 23.2 Å². The fourth-order valence-corrected chi connectivity index (χ4v) is 2.40. The molecule has 1 fully saturated rings. The molecule has 1 aliphatic heterocycles. The van der Waals surface area contributed by atoms with Gasteiger partial charge >= 0.3 is 0 Å². The summed E-state index contributed by atoms with van der Waals surface area (Å²) in [6.45, 7) is 1.95. The molecule has 0 aliphatic carbocycles. The van der Waals surface area contributed by atoms with Crippen LogP contribution in [0.5, 0.6) is 0 Å². The predicted octanol–water partition coefficient (Wildman–Crippen LogP) is 2.11. The van der Waals surface area contributed by atoms with E-state index in [0.717, 1.165) is 25.9 Å². The number of nitrogens with one attached hydrogen (secondary N) is 2. The molecule has 98 valence electrons. The molecule has 5 nitrogen and oxygen atoms in total. The molecule has 1 aliphatic rings. The average Bonchev–Trinajstić information content (AvgIpc) is 2.28. The standard InChI is InChI=1S/C11H14Cl2N4O/c12-8-6-9(17-11(13)15-8)16-10(18)5-7-1-3-14-4-2-7/h6-7,14H,1-5H2,(H,15,16,17,18). The first kappa shape index (κ1) is 13.5. The van der Waals surface area contributed by atoms with Crippen molar-refractivity contribution in [2.75, 3.05) is 18.4 Å². The third kappa shape index (κ3) is 4.08. The minimum Gasteiger partial charge on any atom is -0.317 e. The Morgan fingerprint density at radius 1 is 1.39 bits per heavy atom. The van der Waals surface area contributed by atoms with Crippen molar-refractivity contribution >= 4 is 34.9 Å². The highest BCUT2D eigenvalue weighted by atomic mass is 35.5. The number of amides is 1. The number of aromatic nitrogens is 2. The van der Waals surface area contributed by atoms with E-state index < -0.39 is 0 Å². The second kappa shape index (κ2) is 6.31. The van der Waals surface area contributed by atoms with Crippen LogP contribution in [-0.2, 0) is 4.79 Å². The molecule has 0 saturated carbocycles. The maximum Gasteiger partial charge on any atom is 0.225 e. The Labute approximate surface area is 115 Å². The van der Waals surface area contributed by atoms with Crippen molar-refractivity contribution in [2.24, 2.45) is 5.92 Å². The highest BCUT2D eigenvalue weighted by Gasteiger charge is 2.17. The molecular weight excluding hydrogens is 275 g/mol. The van der Waals surface area contributed by atoms with Crippen LogP contribution in [-0.4, -0.2) is 29.0 Å². The van der Waals surface area contributed by atoms with Crippen LogP contribution in [0.2, 0.25) is 10.4 Å². The molecule has 0 radical (unpaired) electrons. The van der Waals surface area contributed by atoms with E-state index in [1.54, 1.807) is 0 Å². The Morgan fingerprint density at radius 2 is 2.11 bits per heavy atom. The molecule has 2 rings (SSSR count). The lowest BCUT2D eigenvalue weighted by Crippen LogP contribution is -2.30. The smallest absolute Gasteiger partial charge is 0.225 e. The van der Waals surface area contributed by atoms with Gasteiger partial charge in [-0.3, -0.25) is 4.79 Å². The highest BCUT2D eigenvalue weighted by Crippen LogP contribution is 2.18. The fourth-order valence-electron chi connectivity index (χ4n) is 2.00. The third-order valence-electron chi connectivity index (χ3n) is 2.87. The maximum atomic E-state index is 11.8. The Morgan fingerprint density at radius 3 is 2.78 bits per heavy atom. The molecule has 0 bridgehead atoms. The number of piperidine rings is 1. The van der Waals surface area contributed by atoms with Crippen molar-refractivity contribution in [3.05, 3.63) is 16.5 Å². The van der Waals surface area contributed by atoms with E-state index in [0.29, 0.717) is 18.2 Å². The largest absolute Gasteiger partial charge is 0.317 e. The van der Waals surface area contributed by atoms with Gasteiger partial charge in [-0.05, 0) is 43.5 Å². The number of hydrogen-bond donors (Lipinski definition) is 2. The molecule has 2 heterocycles. The number of nitrogens with zero attached hydrogens (tertiary/aromatic N) is 2. The molecule has 7 heteroatoms. The summed E-state index contributed by atoms with van der Waals surface area (Å²) >= 11 is 11.4. The SMILES string of the molecule is O=C(CC1CCNCC1)Nc1cc(Cl)nc(Cl)n1. The molecule has 0 spiro atoms. The Kier molecular flexibility index (Phi) is 4.74. The monoisotopic (exact) mass is 288 g/mol. The van der Waals surface area contributed by atoms with E-state index in [9.17, 15) is 4.79 Å². The number of carbonyl (C=O) groups excluding carboxylic acids is 1. The molecule has 0 atom stereocenters. The van der Waals surface area contributed by atoms with Gasteiger partial charge in [0.25, 0.3) is 0 Å². The summed E-state index contributed by atoms with van der Waals surface area (Å²) < 4.78 is 0. The molecule has 0 aromatic carbocycles. The Hall–Kier alpha value is -0.910. The normalized spacial score (nSPS) is 16.6. The van der Waals surface area contributed by atoms with Crippen molar-refractivity contribution in [1.29, 1.82) is 0 Å². The number of hydrogen-bond acceptors (Lipinski definition) is 4. The summed E-state index contributed by atoms with van der Waals surface area (Å²) in [6.07, 6.45) is 2.55. The Bertz CT molecular complexity index is 415. The lowest BCUT2D eigenvalue weighted by Gasteiger charge is -2.21. The zero-order valence-electron chi connectivity index (χ0n) is 9.75. The second-order valence-corrected chi connectivity index (χ2v) is 5.02. The van der Waals surface area contributed by atoms with Crippen LogP contribution in [0.25, 0.3) is 0 Å². The van der Waals surface area contributed by atoms with Crippen LogP contribution in [0.1, 0.15) is 19.3 Å². The highest BCUT2D eigenvalue weighted by molar-refractivity contribution is 6.32. The fraction of sp³-hybridized carbons (Fsp3) is 0.545. The van der Waals surface area contributed by atoms with Gasteiger partial charge in [0.2, 0.25) is 11.2 Å². The van der Waals surface area contributed by atoms with Gasteiger partial charge in [0.05, 0.1) is 0 Å². The van der Waals surface area contributed by atoms with Crippen molar-refractivity contribution in [1.82, 2.24) is 15.3 Å². The molecule has 1 saturated heterocycles. The first-order valence-electron chi connectivity index (χ1n) is 5.84.